The SMILES string of the molecule is COCC(=O)N1CCCCCCCCN(C(=O)c2ccc(Cl)c(N3CCCCC3)c2)Cc2ccccc21. The molecule has 2 amide bonds. The second-order valence-corrected chi connectivity index (χ2v) is 10.6. The zero-order valence-electron chi connectivity index (χ0n) is 22.1. The van der Waals surface area contributed by atoms with E-state index in [-0.39, 0.29) is 18.4 Å². The third-order valence-corrected chi connectivity index (χ3v) is 7.77. The predicted molar refractivity (Wildman–Crippen MR) is 151 cm³/mol. The average Bonchev–Trinajstić information content (AvgIpc) is 2.94. The molecular formula is C30H40ClN3O3. The molecule has 0 radical (unpaired) electrons. The number of ether oxygens (including phenoxy) is 1. The highest BCUT2D eigenvalue weighted by Crippen LogP contribution is 2.31. The van der Waals surface area contributed by atoms with Crippen LogP contribution in [-0.2, 0) is 16.1 Å². The van der Waals surface area contributed by atoms with Crippen LogP contribution in [0.25, 0.3) is 0 Å². The minimum Gasteiger partial charge on any atom is -0.375 e. The van der Waals surface area contributed by atoms with Gasteiger partial charge in [0.05, 0.1) is 10.7 Å². The fraction of sp³-hybridized carbons (Fsp3) is 0.533. The van der Waals surface area contributed by atoms with Crippen LogP contribution in [0.2, 0.25) is 5.02 Å². The van der Waals surface area contributed by atoms with Gasteiger partial charge >= 0.3 is 0 Å². The maximum Gasteiger partial charge on any atom is 0.254 e. The number of hydrogen-bond donors (Lipinski definition) is 0. The maximum atomic E-state index is 13.9. The first kappa shape index (κ1) is 27.5. The lowest BCUT2D eigenvalue weighted by atomic mass is 10.1. The lowest BCUT2D eigenvalue weighted by Crippen LogP contribution is -2.37. The van der Waals surface area contributed by atoms with Crippen LogP contribution in [0.15, 0.2) is 42.5 Å². The van der Waals surface area contributed by atoms with Gasteiger partial charge in [-0.2, -0.15) is 0 Å². The molecule has 2 aliphatic heterocycles. The highest BCUT2D eigenvalue weighted by Gasteiger charge is 2.24. The predicted octanol–water partition coefficient (Wildman–Crippen LogP) is 6.31. The Labute approximate surface area is 226 Å². The first-order valence-electron chi connectivity index (χ1n) is 13.8. The highest BCUT2D eigenvalue weighted by molar-refractivity contribution is 6.33. The van der Waals surface area contributed by atoms with Crippen LogP contribution >= 0.6 is 11.6 Å². The van der Waals surface area contributed by atoms with Crippen LogP contribution in [0.5, 0.6) is 0 Å². The number of para-hydroxylation sites is 1. The summed E-state index contributed by atoms with van der Waals surface area (Å²) in [6.45, 7) is 3.78. The van der Waals surface area contributed by atoms with E-state index in [4.69, 9.17) is 16.3 Å². The van der Waals surface area contributed by atoms with Crippen LogP contribution in [0.4, 0.5) is 11.4 Å². The average molecular weight is 526 g/mol. The molecule has 0 atom stereocenters. The largest absolute Gasteiger partial charge is 0.375 e. The molecule has 1 fully saturated rings. The Morgan fingerprint density at radius 3 is 2.22 bits per heavy atom. The molecule has 200 valence electrons. The van der Waals surface area contributed by atoms with Gasteiger partial charge in [-0.3, -0.25) is 9.59 Å². The van der Waals surface area contributed by atoms with Gasteiger partial charge in [-0.15, -0.1) is 0 Å². The van der Waals surface area contributed by atoms with E-state index in [2.05, 4.69) is 4.90 Å². The molecule has 0 aliphatic carbocycles. The van der Waals surface area contributed by atoms with Crippen molar-refractivity contribution in [3.05, 3.63) is 58.6 Å². The quantitative estimate of drug-likeness (QED) is 0.469. The summed E-state index contributed by atoms with van der Waals surface area (Å²) < 4.78 is 5.18. The van der Waals surface area contributed by atoms with Crippen molar-refractivity contribution < 1.29 is 14.3 Å². The molecule has 0 N–H and O–H groups in total. The van der Waals surface area contributed by atoms with E-state index in [1.54, 1.807) is 7.11 Å². The van der Waals surface area contributed by atoms with E-state index in [1.807, 2.05) is 52.3 Å². The van der Waals surface area contributed by atoms with Crippen molar-refractivity contribution in [2.45, 2.75) is 64.3 Å². The molecule has 6 nitrogen and oxygen atoms in total. The molecular weight excluding hydrogens is 486 g/mol. The number of anilines is 2. The number of benzene rings is 2. The molecule has 4 rings (SSSR count). The third kappa shape index (κ3) is 7.26. The Morgan fingerprint density at radius 2 is 1.46 bits per heavy atom. The summed E-state index contributed by atoms with van der Waals surface area (Å²) in [4.78, 5) is 33.0. The molecule has 7 heteroatoms. The van der Waals surface area contributed by atoms with E-state index in [0.29, 0.717) is 30.2 Å². The fourth-order valence-corrected chi connectivity index (χ4v) is 5.67. The molecule has 0 aromatic heterocycles. The standard InChI is InChI=1S/C30H40ClN3O3/c1-37-23-29(35)34-20-12-5-3-2-4-9-19-33(22-25-13-7-8-14-27(25)34)30(36)24-15-16-26(31)28(21-24)32-17-10-6-11-18-32/h7-8,13-16,21H,2-6,9-12,17-20,22-23H2,1H3. The number of methoxy groups -OCH3 is 1. The Kier molecular flexibility index (Phi) is 10.3. The molecule has 0 bridgehead atoms. The lowest BCUT2D eigenvalue weighted by Gasteiger charge is -2.31. The summed E-state index contributed by atoms with van der Waals surface area (Å²) in [5.74, 6) is -0.0408. The van der Waals surface area contributed by atoms with Gasteiger partial charge in [0.15, 0.2) is 0 Å². The van der Waals surface area contributed by atoms with Gasteiger partial charge in [0, 0.05) is 51.1 Å². The topological polar surface area (TPSA) is 53.1 Å². The Bertz CT molecular complexity index is 1050. The molecule has 0 spiro atoms. The van der Waals surface area contributed by atoms with Crippen molar-refractivity contribution in [1.82, 2.24) is 4.90 Å². The monoisotopic (exact) mass is 525 g/mol. The van der Waals surface area contributed by atoms with Crippen molar-refractivity contribution in [2.75, 3.05) is 49.7 Å². The smallest absolute Gasteiger partial charge is 0.254 e. The van der Waals surface area contributed by atoms with Crippen molar-refractivity contribution in [3.8, 4) is 0 Å². The first-order valence-corrected chi connectivity index (χ1v) is 14.2. The van der Waals surface area contributed by atoms with Crippen molar-refractivity contribution in [2.24, 2.45) is 0 Å². The number of fused-ring (bicyclic) bond motifs is 1. The zero-order chi connectivity index (χ0) is 26.0. The van der Waals surface area contributed by atoms with Crippen molar-refractivity contribution in [1.29, 1.82) is 0 Å². The fourth-order valence-electron chi connectivity index (χ4n) is 5.43. The Morgan fingerprint density at radius 1 is 0.811 bits per heavy atom. The number of carbonyl (C=O) groups excluding carboxylic acids is 2. The Hall–Kier alpha value is -2.57. The minimum absolute atomic E-state index is 0.00868. The van der Waals surface area contributed by atoms with E-state index in [9.17, 15) is 9.59 Å². The zero-order valence-corrected chi connectivity index (χ0v) is 22.8. The van der Waals surface area contributed by atoms with Gasteiger partial charge in [-0.25, -0.2) is 0 Å². The van der Waals surface area contributed by atoms with Crippen LogP contribution in [-0.4, -0.2) is 56.6 Å². The number of amides is 2. The molecule has 2 aromatic carbocycles. The van der Waals surface area contributed by atoms with Crippen molar-refractivity contribution >= 4 is 34.8 Å². The van der Waals surface area contributed by atoms with Gasteiger partial charge < -0.3 is 19.4 Å². The van der Waals surface area contributed by atoms with Gasteiger partial charge in [0.1, 0.15) is 6.61 Å². The van der Waals surface area contributed by atoms with Gasteiger partial charge in [0.2, 0.25) is 0 Å². The van der Waals surface area contributed by atoms with Crippen LogP contribution in [0.3, 0.4) is 0 Å². The van der Waals surface area contributed by atoms with Gasteiger partial charge in [-0.1, -0.05) is 55.5 Å². The molecule has 1 saturated heterocycles. The maximum absolute atomic E-state index is 13.9. The number of rotatable bonds is 4. The number of carbonyl (C=O) groups is 2. The lowest BCUT2D eigenvalue weighted by molar-refractivity contribution is -0.122. The van der Waals surface area contributed by atoms with Crippen LogP contribution in [0, 0.1) is 0 Å². The molecule has 2 heterocycles. The number of nitrogens with zero attached hydrogens (tertiary/aromatic N) is 3. The van der Waals surface area contributed by atoms with E-state index in [0.717, 1.165) is 81.4 Å². The summed E-state index contributed by atoms with van der Waals surface area (Å²) in [7, 11) is 1.55. The van der Waals surface area contributed by atoms with E-state index in [1.165, 1.54) is 6.42 Å². The summed E-state index contributed by atoms with van der Waals surface area (Å²) in [6.07, 6.45) is 9.92. The molecule has 0 saturated carbocycles. The highest BCUT2D eigenvalue weighted by atomic mass is 35.5. The molecule has 37 heavy (non-hydrogen) atoms. The molecule has 2 aromatic rings. The summed E-state index contributed by atoms with van der Waals surface area (Å²) in [6, 6.07) is 13.6. The van der Waals surface area contributed by atoms with Crippen LogP contribution < -0.4 is 9.80 Å². The second kappa shape index (κ2) is 13.8. The molecule has 0 unspecified atom stereocenters. The van der Waals surface area contributed by atoms with Gasteiger partial charge in [0.25, 0.3) is 11.8 Å². The number of piperidine rings is 1. The van der Waals surface area contributed by atoms with Crippen LogP contribution in [0.1, 0.15) is 73.7 Å². The summed E-state index contributed by atoms with van der Waals surface area (Å²) in [5.41, 5.74) is 3.46. The Balaban J connectivity index is 1.64. The summed E-state index contributed by atoms with van der Waals surface area (Å²) in [5, 5.41) is 0.695. The van der Waals surface area contributed by atoms with E-state index < -0.39 is 0 Å². The molecule has 2 aliphatic rings. The van der Waals surface area contributed by atoms with E-state index >= 15 is 0 Å². The van der Waals surface area contributed by atoms with Crippen molar-refractivity contribution in [3.63, 3.8) is 0 Å². The minimum atomic E-state index is -0.0495. The second-order valence-electron chi connectivity index (χ2n) is 10.2. The third-order valence-electron chi connectivity index (χ3n) is 7.45. The first-order chi connectivity index (χ1) is 18.1. The summed E-state index contributed by atoms with van der Waals surface area (Å²) >= 11 is 6.58. The normalized spacial score (nSPS) is 17.8. The number of hydrogen-bond acceptors (Lipinski definition) is 4. The van der Waals surface area contributed by atoms with Gasteiger partial charge in [-0.05, 0) is 61.9 Å². The number of halogens is 1.